The van der Waals surface area contributed by atoms with Crippen LogP contribution in [0.1, 0.15) is 11.3 Å². The molecular weight excluding hydrogens is 302 g/mol. The molecule has 4 aromatic rings. The van der Waals surface area contributed by atoms with Crippen LogP contribution in [0.25, 0.3) is 17.0 Å². The SMILES string of the molecule is Cc1cccn2c(CNc3cccc(-c4nnnn4C)c3)cnc12. The van der Waals surface area contributed by atoms with Gasteiger partial charge in [0.05, 0.1) is 18.4 Å². The lowest BCUT2D eigenvalue weighted by atomic mass is 10.2. The third-order valence-electron chi connectivity index (χ3n) is 4.02. The zero-order valence-corrected chi connectivity index (χ0v) is 13.5. The van der Waals surface area contributed by atoms with E-state index in [0.717, 1.165) is 28.4 Å². The number of nitrogens with one attached hydrogen (secondary N) is 1. The predicted octanol–water partition coefficient (Wildman–Crippen LogP) is 2.45. The summed E-state index contributed by atoms with van der Waals surface area (Å²) in [5.41, 5.74) is 5.26. The van der Waals surface area contributed by atoms with Crippen LogP contribution in [-0.4, -0.2) is 29.6 Å². The molecule has 0 saturated heterocycles. The molecule has 0 amide bonds. The van der Waals surface area contributed by atoms with Crippen molar-refractivity contribution in [2.75, 3.05) is 5.32 Å². The van der Waals surface area contributed by atoms with Gasteiger partial charge in [-0.15, -0.1) is 5.10 Å². The van der Waals surface area contributed by atoms with Crippen LogP contribution in [-0.2, 0) is 13.6 Å². The van der Waals surface area contributed by atoms with E-state index in [9.17, 15) is 0 Å². The molecule has 0 aliphatic carbocycles. The van der Waals surface area contributed by atoms with Crippen LogP contribution in [0.3, 0.4) is 0 Å². The second kappa shape index (κ2) is 5.77. The van der Waals surface area contributed by atoms with E-state index in [2.05, 4.69) is 43.2 Å². The van der Waals surface area contributed by atoms with E-state index in [1.807, 2.05) is 49.8 Å². The minimum Gasteiger partial charge on any atom is -0.379 e. The Kier molecular flexibility index (Phi) is 3.45. The molecule has 0 radical (unpaired) electrons. The van der Waals surface area contributed by atoms with Crippen molar-refractivity contribution >= 4 is 11.3 Å². The maximum Gasteiger partial charge on any atom is 0.181 e. The van der Waals surface area contributed by atoms with Crippen LogP contribution in [0.5, 0.6) is 0 Å². The molecule has 4 rings (SSSR count). The molecule has 3 heterocycles. The van der Waals surface area contributed by atoms with Crippen LogP contribution in [0.15, 0.2) is 48.8 Å². The minimum absolute atomic E-state index is 0.686. The molecule has 24 heavy (non-hydrogen) atoms. The van der Waals surface area contributed by atoms with E-state index in [1.54, 1.807) is 4.68 Å². The van der Waals surface area contributed by atoms with Crippen LogP contribution in [0.2, 0.25) is 0 Å². The van der Waals surface area contributed by atoms with Crippen molar-refractivity contribution in [3.63, 3.8) is 0 Å². The van der Waals surface area contributed by atoms with Crippen LogP contribution in [0, 0.1) is 6.92 Å². The maximum atomic E-state index is 4.49. The highest BCUT2D eigenvalue weighted by Gasteiger charge is 2.08. The Morgan fingerprint density at radius 2 is 2.08 bits per heavy atom. The fourth-order valence-corrected chi connectivity index (χ4v) is 2.77. The predicted molar refractivity (Wildman–Crippen MR) is 91.5 cm³/mol. The van der Waals surface area contributed by atoms with Gasteiger partial charge in [0, 0.05) is 24.5 Å². The summed E-state index contributed by atoms with van der Waals surface area (Å²) in [6.07, 6.45) is 3.94. The summed E-state index contributed by atoms with van der Waals surface area (Å²) in [4.78, 5) is 4.49. The Hall–Kier alpha value is -3.22. The van der Waals surface area contributed by atoms with Gasteiger partial charge in [0.25, 0.3) is 0 Å². The number of pyridine rings is 1. The molecule has 0 bridgehead atoms. The minimum atomic E-state index is 0.686. The Labute approximate surface area is 139 Å². The normalized spacial score (nSPS) is 11.1. The monoisotopic (exact) mass is 319 g/mol. The summed E-state index contributed by atoms with van der Waals surface area (Å²) >= 11 is 0. The van der Waals surface area contributed by atoms with E-state index in [1.165, 1.54) is 5.56 Å². The molecule has 1 aromatic carbocycles. The van der Waals surface area contributed by atoms with Gasteiger partial charge in [-0.05, 0) is 41.1 Å². The first-order valence-corrected chi connectivity index (χ1v) is 7.70. The van der Waals surface area contributed by atoms with Crippen LogP contribution >= 0.6 is 0 Å². The van der Waals surface area contributed by atoms with Gasteiger partial charge in [0.1, 0.15) is 5.65 Å². The molecule has 1 N–H and O–H groups in total. The molecular formula is C17H17N7. The van der Waals surface area contributed by atoms with Gasteiger partial charge in [-0.3, -0.25) is 0 Å². The van der Waals surface area contributed by atoms with E-state index >= 15 is 0 Å². The lowest BCUT2D eigenvalue weighted by molar-refractivity contribution is 0.714. The number of hydrogen-bond acceptors (Lipinski definition) is 5. The van der Waals surface area contributed by atoms with Crippen molar-refractivity contribution in [3.05, 3.63) is 60.0 Å². The van der Waals surface area contributed by atoms with Crippen molar-refractivity contribution < 1.29 is 0 Å². The average molecular weight is 319 g/mol. The number of aryl methyl sites for hydroxylation is 2. The van der Waals surface area contributed by atoms with E-state index in [-0.39, 0.29) is 0 Å². The number of anilines is 1. The van der Waals surface area contributed by atoms with Gasteiger partial charge in [0.15, 0.2) is 5.82 Å². The average Bonchev–Trinajstić information content (AvgIpc) is 3.20. The number of fused-ring (bicyclic) bond motifs is 1. The number of aromatic nitrogens is 6. The Morgan fingerprint density at radius 3 is 2.92 bits per heavy atom. The molecule has 7 heteroatoms. The van der Waals surface area contributed by atoms with Gasteiger partial charge in [0.2, 0.25) is 0 Å². The van der Waals surface area contributed by atoms with Gasteiger partial charge >= 0.3 is 0 Å². The molecule has 0 aliphatic heterocycles. The smallest absolute Gasteiger partial charge is 0.181 e. The zero-order valence-electron chi connectivity index (χ0n) is 13.5. The lowest BCUT2D eigenvalue weighted by Gasteiger charge is -2.08. The fraction of sp³-hybridized carbons (Fsp3) is 0.176. The highest BCUT2D eigenvalue weighted by atomic mass is 15.5. The standard InChI is InChI=1S/C17H17N7/c1-12-5-4-8-24-15(11-19-16(12)24)10-18-14-7-3-6-13(9-14)17-20-21-22-23(17)2/h3-9,11,18H,10H2,1-2H3. The number of hydrogen-bond donors (Lipinski definition) is 1. The number of tetrazole rings is 1. The number of imidazole rings is 1. The second-order valence-corrected chi connectivity index (χ2v) is 5.69. The molecule has 0 atom stereocenters. The summed E-state index contributed by atoms with van der Waals surface area (Å²) in [6.45, 7) is 2.75. The summed E-state index contributed by atoms with van der Waals surface area (Å²) < 4.78 is 3.77. The number of nitrogens with zero attached hydrogens (tertiary/aromatic N) is 6. The molecule has 0 saturated carbocycles. The maximum absolute atomic E-state index is 4.49. The van der Waals surface area contributed by atoms with Crippen LogP contribution < -0.4 is 5.32 Å². The topological polar surface area (TPSA) is 72.9 Å². The van der Waals surface area contributed by atoms with E-state index in [4.69, 9.17) is 0 Å². The van der Waals surface area contributed by atoms with Gasteiger partial charge < -0.3 is 9.72 Å². The number of benzene rings is 1. The highest BCUT2D eigenvalue weighted by Crippen LogP contribution is 2.20. The molecule has 7 nitrogen and oxygen atoms in total. The Morgan fingerprint density at radius 1 is 1.17 bits per heavy atom. The van der Waals surface area contributed by atoms with Crippen molar-refractivity contribution in [3.8, 4) is 11.4 Å². The van der Waals surface area contributed by atoms with Crippen molar-refractivity contribution in [1.29, 1.82) is 0 Å². The summed E-state index contributed by atoms with van der Waals surface area (Å²) in [5, 5.41) is 15.1. The molecule has 120 valence electrons. The lowest BCUT2D eigenvalue weighted by Crippen LogP contribution is -2.03. The fourth-order valence-electron chi connectivity index (χ4n) is 2.77. The molecule has 0 spiro atoms. The molecule has 0 fully saturated rings. The third-order valence-corrected chi connectivity index (χ3v) is 4.02. The largest absolute Gasteiger partial charge is 0.379 e. The Bertz CT molecular complexity index is 999. The Balaban J connectivity index is 1.58. The molecule has 3 aromatic heterocycles. The quantitative estimate of drug-likeness (QED) is 0.625. The van der Waals surface area contributed by atoms with E-state index in [0.29, 0.717) is 6.54 Å². The van der Waals surface area contributed by atoms with Crippen molar-refractivity contribution in [2.24, 2.45) is 7.05 Å². The van der Waals surface area contributed by atoms with Crippen molar-refractivity contribution in [2.45, 2.75) is 13.5 Å². The van der Waals surface area contributed by atoms with Crippen molar-refractivity contribution in [1.82, 2.24) is 29.6 Å². The first-order chi connectivity index (χ1) is 11.7. The number of rotatable bonds is 4. The third kappa shape index (κ3) is 2.50. The highest BCUT2D eigenvalue weighted by molar-refractivity contribution is 5.62. The first-order valence-electron chi connectivity index (χ1n) is 7.70. The van der Waals surface area contributed by atoms with Gasteiger partial charge in [-0.2, -0.15) is 0 Å². The van der Waals surface area contributed by atoms with Gasteiger partial charge in [-0.1, -0.05) is 18.2 Å². The van der Waals surface area contributed by atoms with Gasteiger partial charge in [-0.25, -0.2) is 9.67 Å². The zero-order chi connectivity index (χ0) is 16.5. The van der Waals surface area contributed by atoms with E-state index < -0.39 is 0 Å². The first kappa shape index (κ1) is 14.4. The summed E-state index contributed by atoms with van der Waals surface area (Å²) in [5.74, 6) is 0.740. The molecule has 0 aliphatic rings. The summed E-state index contributed by atoms with van der Waals surface area (Å²) in [7, 11) is 1.83. The van der Waals surface area contributed by atoms with Crippen LogP contribution in [0.4, 0.5) is 5.69 Å². The summed E-state index contributed by atoms with van der Waals surface area (Å²) in [6, 6.07) is 12.2. The molecule has 0 unspecified atom stereocenters. The second-order valence-electron chi connectivity index (χ2n) is 5.69.